The summed E-state index contributed by atoms with van der Waals surface area (Å²) in [6.45, 7) is 4.57. The average Bonchev–Trinajstić information content (AvgIpc) is 2.70. The molecular weight excluding hydrogens is 431 g/mol. The van der Waals surface area contributed by atoms with E-state index in [1.807, 2.05) is 36.1 Å². The molecule has 0 bridgehead atoms. The molecule has 4 nitrogen and oxygen atoms in total. The first-order valence-corrected chi connectivity index (χ1v) is 9.79. The number of hydrogen-bond donors (Lipinski definition) is 1. The number of nitrogens with two attached hydrogens (primary N) is 1. The zero-order chi connectivity index (χ0) is 20.1. The smallest absolute Gasteiger partial charge is 0.222 e. The summed E-state index contributed by atoms with van der Waals surface area (Å²) in [6.07, 6.45) is 1.78. The second-order valence-electron chi connectivity index (χ2n) is 7.21. The van der Waals surface area contributed by atoms with Crippen molar-refractivity contribution in [2.45, 2.75) is 32.2 Å². The molecular formula is C22H29Cl2F2N3O. The Morgan fingerprint density at radius 3 is 2.33 bits per heavy atom. The van der Waals surface area contributed by atoms with E-state index in [1.54, 1.807) is 0 Å². The van der Waals surface area contributed by atoms with Crippen molar-refractivity contribution in [3.05, 3.63) is 65.2 Å². The molecule has 0 aliphatic carbocycles. The number of halogens is 4. The molecule has 3 rings (SSSR count). The summed E-state index contributed by atoms with van der Waals surface area (Å²) in [4.78, 5) is 16.6. The minimum Gasteiger partial charge on any atom is -0.399 e. The molecule has 166 valence electrons. The molecule has 1 aliphatic heterocycles. The summed E-state index contributed by atoms with van der Waals surface area (Å²) < 4.78 is 27.4. The number of rotatable bonds is 6. The second-order valence-corrected chi connectivity index (χ2v) is 7.21. The van der Waals surface area contributed by atoms with E-state index in [1.165, 1.54) is 12.1 Å². The molecule has 2 aromatic rings. The summed E-state index contributed by atoms with van der Waals surface area (Å²) in [5.74, 6) is -0.958. The number of hydrogen-bond acceptors (Lipinski definition) is 3. The maximum atomic E-state index is 14.2. The van der Waals surface area contributed by atoms with Crippen LogP contribution in [-0.4, -0.2) is 41.9 Å². The highest BCUT2D eigenvalue weighted by atomic mass is 35.5. The molecule has 2 aromatic carbocycles. The third-order valence-electron chi connectivity index (χ3n) is 5.48. The summed E-state index contributed by atoms with van der Waals surface area (Å²) in [7, 11) is 0. The molecule has 1 saturated heterocycles. The molecule has 2 N–H and O–H groups in total. The summed E-state index contributed by atoms with van der Waals surface area (Å²) in [5, 5.41) is 0. The molecule has 0 radical (unpaired) electrons. The fourth-order valence-corrected chi connectivity index (χ4v) is 3.89. The van der Waals surface area contributed by atoms with Crippen LogP contribution in [0, 0.1) is 11.6 Å². The van der Waals surface area contributed by atoms with Gasteiger partial charge in [0, 0.05) is 56.0 Å². The van der Waals surface area contributed by atoms with E-state index in [0.717, 1.165) is 18.1 Å². The third-order valence-corrected chi connectivity index (χ3v) is 5.48. The second kappa shape index (κ2) is 12.1. The quantitative estimate of drug-likeness (QED) is 0.641. The normalized spacial score (nSPS) is 15.1. The number of carbonyl (C=O) groups excluding carboxylic acids is 1. The highest BCUT2D eigenvalue weighted by Crippen LogP contribution is 2.28. The number of amides is 1. The SMILES string of the molecule is CCC(c1ccc(F)cc1F)N1CCN(C(=O)CCc2ccccc2N)CC1.Cl.Cl. The van der Waals surface area contributed by atoms with Crippen molar-refractivity contribution >= 4 is 36.4 Å². The van der Waals surface area contributed by atoms with E-state index in [9.17, 15) is 13.6 Å². The summed E-state index contributed by atoms with van der Waals surface area (Å²) in [5.41, 5.74) is 8.17. The molecule has 0 spiro atoms. The minimum atomic E-state index is -0.564. The van der Waals surface area contributed by atoms with Gasteiger partial charge < -0.3 is 10.6 Å². The maximum absolute atomic E-state index is 14.2. The van der Waals surface area contributed by atoms with E-state index >= 15 is 0 Å². The minimum absolute atomic E-state index is 0. The first-order valence-electron chi connectivity index (χ1n) is 9.79. The van der Waals surface area contributed by atoms with Crippen LogP contribution in [0.2, 0.25) is 0 Å². The first-order chi connectivity index (χ1) is 13.5. The van der Waals surface area contributed by atoms with Gasteiger partial charge in [0.2, 0.25) is 5.91 Å². The van der Waals surface area contributed by atoms with Gasteiger partial charge in [0.15, 0.2) is 0 Å². The van der Waals surface area contributed by atoms with Crippen molar-refractivity contribution in [1.29, 1.82) is 0 Å². The van der Waals surface area contributed by atoms with Gasteiger partial charge in [-0.05, 0) is 30.5 Å². The van der Waals surface area contributed by atoms with Gasteiger partial charge in [-0.3, -0.25) is 9.69 Å². The van der Waals surface area contributed by atoms with E-state index in [2.05, 4.69) is 4.90 Å². The van der Waals surface area contributed by atoms with Crippen molar-refractivity contribution in [1.82, 2.24) is 9.80 Å². The highest BCUT2D eigenvalue weighted by Gasteiger charge is 2.27. The average molecular weight is 460 g/mol. The van der Waals surface area contributed by atoms with E-state index in [4.69, 9.17) is 5.73 Å². The fourth-order valence-electron chi connectivity index (χ4n) is 3.89. The molecule has 1 amide bonds. The van der Waals surface area contributed by atoms with Crippen LogP contribution in [0.3, 0.4) is 0 Å². The van der Waals surface area contributed by atoms with E-state index in [-0.39, 0.29) is 36.8 Å². The van der Waals surface area contributed by atoms with Crippen LogP contribution in [0.25, 0.3) is 0 Å². The third kappa shape index (κ3) is 6.30. The summed E-state index contributed by atoms with van der Waals surface area (Å²) in [6, 6.07) is 11.3. The Hall–Kier alpha value is -1.89. The lowest BCUT2D eigenvalue weighted by Crippen LogP contribution is -2.49. The predicted octanol–water partition coefficient (Wildman–Crippen LogP) is 4.62. The van der Waals surface area contributed by atoms with Crippen molar-refractivity contribution < 1.29 is 13.6 Å². The molecule has 0 saturated carbocycles. The lowest BCUT2D eigenvalue weighted by molar-refractivity contribution is -0.133. The number of para-hydroxylation sites is 1. The Labute approximate surface area is 189 Å². The topological polar surface area (TPSA) is 49.6 Å². The van der Waals surface area contributed by atoms with Crippen LogP contribution in [0.15, 0.2) is 42.5 Å². The predicted molar refractivity (Wildman–Crippen MR) is 121 cm³/mol. The number of nitrogens with zero attached hydrogens (tertiary/aromatic N) is 2. The van der Waals surface area contributed by atoms with Gasteiger partial charge >= 0.3 is 0 Å². The zero-order valence-corrected chi connectivity index (χ0v) is 18.7. The largest absolute Gasteiger partial charge is 0.399 e. The van der Waals surface area contributed by atoms with Gasteiger partial charge in [-0.2, -0.15) is 0 Å². The van der Waals surface area contributed by atoms with Gasteiger partial charge in [-0.25, -0.2) is 8.78 Å². The monoisotopic (exact) mass is 459 g/mol. The van der Waals surface area contributed by atoms with Gasteiger partial charge in [0.25, 0.3) is 0 Å². The van der Waals surface area contributed by atoms with Crippen LogP contribution >= 0.6 is 24.8 Å². The van der Waals surface area contributed by atoms with Crippen LogP contribution < -0.4 is 5.73 Å². The number of piperazine rings is 1. The van der Waals surface area contributed by atoms with Crippen LogP contribution in [0.1, 0.15) is 36.9 Å². The van der Waals surface area contributed by atoms with Crippen molar-refractivity contribution in [3.8, 4) is 0 Å². The molecule has 30 heavy (non-hydrogen) atoms. The number of anilines is 1. The van der Waals surface area contributed by atoms with Crippen molar-refractivity contribution in [2.24, 2.45) is 0 Å². The Morgan fingerprint density at radius 1 is 1.07 bits per heavy atom. The van der Waals surface area contributed by atoms with Crippen LogP contribution in [0.5, 0.6) is 0 Å². The van der Waals surface area contributed by atoms with Crippen LogP contribution in [0.4, 0.5) is 14.5 Å². The number of carbonyl (C=O) groups is 1. The fraction of sp³-hybridized carbons (Fsp3) is 0.409. The summed E-state index contributed by atoms with van der Waals surface area (Å²) >= 11 is 0. The molecule has 1 fully saturated rings. The molecule has 1 aliphatic rings. The molecule has 8 heteroatoms. The van der Waals surface area contributed by atoms with Gasteiger partial charge in [-0.15, -0.1) is 24.8 Å². The first kappa shape index (κ1) is 26.1. The lowest BCUT2D eigenvalue weighted by Gasteiger charge is -2.39. The number of aryl methyl sites for hydroxylation is 1. The Kier molecular flexibility index (Phi) is 10.5. The molecule has 1 unspecified atom stereocenters. The van der Waals surface area contributed by atoms with Crippen molar-refractivity contribution in [3.63, 3.8) is 0 Å². The van der Waals surface area contributed by atoms with Crippen LogP contribution in [-0.2, 0) is 11.2 Å². The lowest BCUT2D eigenvalue weighted by atomic mass is 10.0. The molecule has 1 atom stereocenters. The van der Waals surface area contributed by atoms with Crippen molar-refractivity contribution in [2.75, 3.05) is 31.9 Å². The molecule has 1 heterocycles. The van der Waals surface area contributed by atoms with Gasteiger partial charge in [0.1, 0.15) is 11.6 Å². The Balaban J connectivity index is 0.00000225. The van der Waals surface area contributed by atoms with E-state index in [0.29, 0.717) is 50.3 Å². The van der Waals surface area contributed by atoms with Gasteiger partial charge in [-0.1, -0.05) is 31.2 Å². The number of benzene rings is 2. The van der Waals surface area contributed by atoms with E-state index < -0.39 is 11.6 Å². The molecule has 0 aromatic heterocycles. The zero-order valence-electron chi connectivity index (χ0n) is 17.0. The Bertz CT molecular complexity index is 830. The number of nitrogen functional groups attached to an aromatic ring is 1. The Morgan fingerprint density at radius 2 is 1.73 bits per heavy atom. The highest BCUT2D eigenvalue weighted by molar-refractivity contribution is 5.85. The maximum Gasteiger partial charge on any atom is 0.222 e. The standard InChI is InChI=1S/C22H27F2N3O.2ClH/c1-2-21(18-9-8-17(23)15-19(18)24)26-11-13-27(14-12-26)22(28)10-7-16-5-3-4-6-20(16)25;;/h3-6,8-9,15,21H,2,7,10-14,25H2,1H3;2*1H. The van der Waals surface area contributed by atoms with Gasteiger partial charge in [0.05, 0.1) is 0 Å².